The fourth-order valence-corrected chi connectivity index (χ4v) is 2.77. The smallest absolute Gasteiger partial charge is 0.332 e. The van der Waals surface area contributed by atoms with Crippen molar-refractivity contribution >= 4 is 39.8 Å². The van der Waals surface area contributed by atoms with E-state index in [9.17, 15) is 9.59 Å². The molecule has 148 valence electrons. The van der Waals surface area contributed by atoms with Crippen molar-refractivity contribution in [2.45, 2.75) is 0 Å². The van der Waals surface area contributed by atoms with E-state index >= 15 is 0 Å². The highest BCUT2D eigenvalue weighted by Gasteiger charge is 2.14. The van der Waals surface area contributed by atoms with Crippen LogP contribution in [0, 0.1) is 0 Å². The Bertz CT molecular complexity index is 888. The topological polar surface area (TPSA) is 124 Å². The van der Waals surface area contributed by atoms with Crippen LogP contribution in [0.3, 0.4) is 0 Å². The third-order valence-electron chi connectivity index (χ3n) is 3.37. The van der Waals surface area contributed by atoms with Gasteiger partial charge in [-0.05, 0) is 45.8 Å². The molecular formula is C18H19BrN4O5. The summed E-state index contributed by atoms with van der Waals surface area (Å²) in [6.45, 7) is -0.246. The van der Waals surface area contributed by atoms with E-state index < -0.39 is 6.03 Å². The number of hydrazone groups is 1. The van der Waals surface area contributed by atoms with E-state index in [4.69, 9.17) is 19.9 Å². The lowest BCUT2D eigenvalue weighted by atomic mass is 10.2. The highest BCUT2D eigenvalue weighted by Crippen LogP contribution is 2.36. The Labute approximate surface area is 170 Å². The third-order valence-corrected chi connectivity index (χ3v) is 3.96. The molecular weight excluding hydrogens is 432 g/mol. The fourth-order valence-electron chi connectivity index (χ4n) is 2.20. The minimum absolute atomic E-state index is 0.246. The molecule has 0 atom stereocenters. The predicted molar refractivity (Wildman–Crippen MR) is 108 cm³/mol. The largest absolute Gasteiger partial charge is 0.495 e. The fraction of sp³-hybridized carbons (Fsp3) is 0.167. The standard InChI is InChI=1S/C18H19BrN4O5/c1-26-14-6-4-3-5-13(14)22-16(24)10-28-17-12(19)7-11(8-15(17)27-2)9-21-23-18(20)25/h3-9H,10H2,1-2H3,(H,22,24)(H3,20,23,25). The number of nitrogens with one attached hydrogen (secondary N) is 2. The van der Waals surface area contributed by atoms with Crippen molar-refractivity contribution in [1.29, 1.82) is 0 Å². The number of carbonyl (C=O) groups excluding carboxylic acids is 2. The monoisotopic (exact) mass is 450 g/mol. The van der Waals surface area contributed by atoms with Crippen LogP contribution in [0.5, 0.6) is 17.2 Å². The summed E-state index contributed by atoms with van der Waals surface area (Å²) in [5.74, 6) is 0.898. The molecule has 2 rings (SSSR count). The number of amides is 3. The lowest BCUT2D eigenvalue weighted by Crippen LogP contribution is -2.24. The number of benzene rings is 2. The number of urea groups is 1. The normalized spacial score (nSPS) is 10.4. The molecule has 4 N–H and O–H groups in total. The Hall–Kier alpha value is -3.27. The molecule has 0 aliphatic rings. The van der Waals surface area contributed by atoms with Crippen molar-refractivity contribution < 1.29 is 23.8 Å². The molecule has 28 heavy (non-hydrogen) atoms. The zero-order chi connectivity index (χ0) is 20.5. The molecule has 9 nitrogen and oxygen atoms in total. The van der Waals surface area contributed by atoms with Crippen molar-refractivity contribution in [1.82, 2.24) is 5.43 Å². The highest BCUT2D eigenvalue weighted by atomic mass is 79.9. The minimum Gasteiger partial charge on any atom is -0.495 e. The maximum absolute atomic E-state index is 12.2. The molecule has 3 amide bonds. The summed E-state index contributed by atoms with van der Waals surface area (Å²) in [6.07, 6.45) is 1.39. The Morgan fingerprint density at radius 3 is 2.57 bits per heavy atom. The Morgan fingerprint density at radius 2 is 1.89 bits per heavy atom. The number of hydrogen-bond donors (Lipinski definition) is 3. The Kier molecular flexibility index (Phi) is 7.64. The summed E-state index contributed by atoms with van der Waals surface area (Å²) < 4.78 is 16.6. The van der Waals surface area contributed by atoms with Gasteiger partial charge >= 0.3 is 6.03 Å². The molecule has 0 fully saturated rings. The van der Waals surface area contributed by atoms with Crippen LogP contribution in [-0.2, 0) is 4.79 Å². The number of nitrogens with two attached hydrogens (primary N) is 1. The van der Waals surface area contributed by atoms with Crippen molar-refractivity contribution in [3.63, 3.8) is 0 Å². The van der Waals surface area contributed by atoms with Gasteiger partial charge in [0, 0.05) is 0 Å². The lowest BCUT2D eigenvalue weighted by molar-refractivity contribution is -0.118. The average Bonchev–Trinajstić information content (AvgIpc) is 2.66. The van der Waals surface area contributed by atoms with Crippen LogP contribution in [0.25, 0.3) is 0 Å². The van der Waals surface area contributed by atoms with Crippen LogP contribution >= 0.6 is 15.9 Å². The van der Waals surface area contributed by atoms with Crippen LogP contribution in [-0.4, -0.2) is 39.0 Å². The molecule has 10 heteroatoms. The molecule has 0 unspecified atom stereocenters. The summed E-state index contributed by atoms with van der Waals surface area (Å²) in [4.78, 5) is 22.9. The minimum atomic E-state index is -0.775. The van der Waals surface area contributed by atoms with Gasteiger partial charge in [-0.1, -0.05) is 12.1 Å². The maximum Gasteiger partial charge on any atom is 0.332 e. The SMILES string of the molecule is COc1ccccc1NC(=O)COc1c(Br)cc(C=NNC(N)=O)cc1OC. The van der Waals surface area contributed by atoms with Crippen LogP contribution < -0.4 is 30.7 Å². The van der Waals surface area contributed by atoms with Gasteiger partial charge in [0.05, 0.1) is 30.6 Å². The van der Waals surface area contributed by atoms with Crippen molar-refractivity contribution in [3.8, 4) is 17.2 Å². The summed E-state index contributed by atoms with van der Waals surface area (Å²) in [5, 5.41) is 6.40. The molecule has 0 bridgehead atoms. The van der Waals surface area contributed by atoms with E-state index in [2.05, 4.69) is 31.8 Å². The molecule has 0 aliphatic carbocycles. The number of methoxy groups -OCH3 is 2. The van der Waals surface area contributed by atoms with Crippen molar-refractivity contribution in [3.05, 3.63) is 46.4 Å². The number of anilines is 1. The van der Waals surface area contributed by atoms with Gasteiger partial charge in [0.25, 0.3) is 5.91 Å². The van der Waals surface area contributed by atoms with Crippen LogP contribution in [0.4, 0.5) is 10.5 Å². The van der Waals surface area contributed by atoms with Gasteiger partial charge in [0.1, 0.15) is 5.75 Å². The van der Waals surface area contributed by atoms with Gasteiger partial charge in [-0.25, -0.2) is 10.2 Å². The number of nitrogens with zero attached hydrogens (tertiary/aromatic N) is 1. The number of para-hydroxylation sites is 2. The second kappa shape index (κ2) is 10.2. The molecule has 0 spiro atoms. The van der Waals surface area contributed by atoms with E-state index in [0.29, 0.717) is 33.0 Å². The zero-order valence-electron chi connectivity index (χ0n) is 15.2. The third kappa shape index (κ3) is 5.88. The first-order valence-electron chi connectivity index (χ1n) is 7.96. The van der Waals surface area contributed by atoms with Gasteiger partial charge in [-0.3, -0.25) is 4.79 Å². The summed E-state index contributed by atoms with van der Waals surface area (Å²) in [5.41, 5.74) is 8.19. The molecule has 0 saturated heterocycles. The van der Waals surface area contributed by atoms with E-state index in [1.54, 1.807) is 36.4 Å². The Balaban J connectivity index is 2.07. The second-order valence-corrected chi connectivity index (χ2v) is 6.16. The predicted octanol–water partition coefficient (Wildman–Crippen LogP) is 2.49. The summed E-state index contributed by atoms with van der Waals surface area (Å²) >= 11 is 3.37. The summed E-state index contributed by atoms with van der Waals surface area (Å²) in [7, 11) is 2.99. The quantitative estimate of drug-likeness (QED) is 0.420. The molecule has 0 saturated carbocycles. The van der Waals surface area contributed by atoms with Gasteiger partial charge in [-0.2, -0.15) is 5.10 Å². The number of halogens is 1. The van der Waals surface area contributed by atoms with Gasteiger partial charge in [-0.15, -0.1) is 0 Å². The molecule has 2 aromatic carbocycles. The van der Waals surface area contributed by atoms with Gasteiger partial charge < -0.3 is 25.3 Å². The molecule has 0 heterocycles. The first-order valence-corrected chi connectivity index (χ1v) is 8.75. The number of primary amides is 1. The first kappa shape index (κ1) is 21.0. The number of rotatable bonds is 8. The second-order valence-electron chi connectivity index (χ2n) is 5.31. The Morgan fingerprint density at radius 1 is 1.18 bits per heavy atom. The van der Waals surface area contributed by atoms with E-state index in [1.165, 1.54) is 20.4 Å². The zero-order valence-corrected chi connectivity index (χ0v) is 16.8. The number of carbonyl (C=O) groups is 2. The number of hydrogen-bond acceptors (Lipinski definition) is 6. The van der Waals surface area contributed by atoms with Gasteiger partial charge in [0.2, 0.25) is 0 Å². The van der Waals surface area contributed by atoms with Crippen LogP contribution in [0.1, 0.15) is 5.56 Å². The lowest BCUT2D eigenvalue weighted by Gasteiger charge is -2.14. The maximum atomic E-state index is 12.2. The van der Waals surface area contributed by atoms with Crippen LogP contribution in [0.15, 0.2) is 46.0 Å². The molecule has 0 aliphatic heterocycles. The van der Waals surface area contributed by atoms with E-state index in [-0.39, 0.29) is 12.5 Å². The first-order chi connectivity index (χ1) is 13.4. The highest BCUT2D eigenvalue weighted by molar-refractivity contribution is 9.10. The van der Waals surface area contributed by atoms with Gasteiger partial charge in [0.15, 0.2) is 18.1 Å². The average molecular weight is 451 g/mol. The molecule has 0 aromatic heterocycles. The molecule has 2 aromatic rings. The van der Waals surface area contributed by atoms with E-state index in [1.807, 2.05) is 0 Å². The van der Waals surface area contributed by atoms with E-state index in [0.717, 1.165) is 0 Å². The van der Waals surface area contributed by atoms with Crippen molar-refractivity contribution in [2.24, 2.45) is 10.8 Å². The van der Waals surface area contributed by atoms with Crippen LogP contribution in [0.2, 0.25) is 0 Å². The summed E-state index contributed by atoms with van der Waals surface area (Å²) in [6, 6.07) is 9.59. The number of ether oxygens (including phenoxy) is 3. The van der Waals surface area contributed by atoms with Crippen molar-refractivity contribution in [2.75, 3.05) is 26.1 Å². The molecule has 0 radical (unpaired) electrons.